The number of fused-ring (bicyclic) bond motifs is 1. The summed E-state index contributed by atoms with van der Waals surface area (Å²) in [5.41, 5.74) is 3.41. The molecule has 0 spiro atoms. The third-order valence-electron chi connectivity index (χ3n) is 3.91. The maximum Gasteiger partial charge on any atom is 0.226 e. The predicted octanol–water partition coefficient (Wildman–Crippen LogP) is 3.82. The van der Waals surface area contributed by atoms with Crippen LogP contribution in [-0.4, -0.2) is 26.5 Å². The van der Waals surface area contributed by atoms with E-state index >= 15 is 0 Å². The summed E-state index contributed by atoms with van der Waals surface area (Å²) in [6, 6.07) is 20.2. The van der Waals surface area contributed by atoms with Gasteiger partial charge in [-0.2, -0.15) is 9.97 Å². The van der Waals surface area contributed by atoms with Crippen molar-refractivity contribution < 1.29 is 0 Å². The molecule has 6 nitrogen and oxygen atoms in total. The predicted molar refractivity (Wildman–Crippen MR) is 103 cm³/mol. The third kappa shape index (κ3) is 3.75. The zero-order chi connectivity index (χ0) is 17.6. The molecule has 0 fully saturated rings. The Balaban J connectivity index is 1.57. The van der Waals surface area contributed by atoms with Crippen LogP contribution in [0.4, 0.5) is 17.5 Å². The number of aromatic nitrogens is 4. The molecule has 0 unspecified atom stereocenters. The first-order valence-electron chi connectivity index (χ1n) is 8.47. The number of nitrogens with one attached hydrogen (secondary N) is 2. The number of anilines is 3. The lowest BCUT2D eigenvalue weighted by Crippen LogP contribution is -2.10. The van der Waals surface area contributed by atoms with Gasteiger partial charge in [0.2, 0.25) is 5.95 Å². The Morgan fingerprint density at radius 3 is 2.31 bits per heavy atom. The molecule has 0 saturated heterocycles. The molecule has 2 aromatic heterocycles. The highest BCUT2D eigenvalue weighted by Crippen LogP contribution is 2.22. The molecule has 4 rings (SSSR count). The van der Waals surface area contributed by atoms with Crippen LogP contribution in [0.15, 0.2) is 73.1 Å². The first-order valence-corrected chi connectivity index (χ1v) is 8.47. The van der Waals surface area contributed by atoms with E-state index in [1.54, 1.807) is 12.4 Å². The number of hydrogen-bond acceptors (Lipinski definition) is 6. The van der Waals surface area contributed by atoms with Crippen LogP contribution >= 0.6 is 0 Å². The van der Waals surface area contributed by atoms with E-state index in [4.69, 9.17) is 0 Å². The van der Waals surface area contributed by atoms with Crippen LogP contribution in [0.25, 0.3) is 11.2 Å². The molecule has 0 aliphatic carbocycles. The van der Waals surface area contributed by atoms with E-state index in [-0.39, 0.29) is 0 Å². The normalized spacial score (nSPS) is 10.6. The lowest BCUT2D eigenvalue weighted by Gasteiger charge is -2.10. The molecule has 6 heteroatoms. The number of nitrogens with zero attached hydrogens (tertiary/aromatic N) is 4. The number of benzene rings is 2. The average molecular weight is 342 g/mol. The van der Waals surface area contributed by atoms with Gasteiger partial charge in [-0.1, -0.05) is 48.5 Å². The zero-order valence-corrected chi connectivity index (χ0v) is 14.1. The van der Waals surface area contributed by atoms with Crippen LogP contribution in [0.2, 0.25) is 0 Å². The van der Waals surface area contributed by atoms with Crippen LogP contribution in [0.1, 0.15) is 5.56 Å². The van der Waals surface area contributed by atoms with Gasteiger partial charge in [0.05, 0.1) is 0 Å². The van der Waals surface area contributed by atoms with E-state index in [2.05, 4.69) is 42.7 Å². The van der Waals surface area contributed by atoms with Gasteiger partial charge in [-0.3, -0.25) is 0 Å². The average Bonchev–Trinajstić information content (AvgIpc) is 2.70. The lowest BCUT2D eigenvalue weighted by atomic mass is 10.1. The summed E-state index contributed by atoms with van der Waals surface area (Å²) in [4.78, 5) is 17.7. The molecular weight excluding hydrogens is 324 g/mol. The fourth-order valence-electron chi connectivity index (χ4n) is 2.65. The van der Waals surface area contributed by atoms with Crippen LogP contribution in [0, 0.1) is 0 Å². The quantitative estimate of drug-likeness (QED) is 0.555. The van der Waals surface area contributed by atoms with Crippen LogP contribution < -0.4 is 10.6 Å². The number of para-hydroxylation sites is 1. The van der Waals surface area contributed by atoms with Crippen LogP contribution in [0.5, 0.6) is 0 Å². The fraction of sp³-hybridized carbons (Fsp3) is 0.100. The summed E-state index contributed by atoms with van der Waals surface area (Å²) in [6.07, 6.45) is 4.17. The van der Waals surface area contributed by atoms with Gasteiger partial charge >= 0.3 is 0 Å². The van der Waals surface area contributed by atoms with Gasteiger partial charge in [0.15, 0.2) is 17.0 Å². The smallest absolute Gasteiger partial charge is 0.226 e. The molecule has 0 saturated carbocycles. The summed E-state index contributed by atoms with van der Waals surface area (Å²) >= 11 is 0. The Labute approximate surface area is 151 Å². The van der Waals surface area contributed by atoms with Crippen molar-refractivity contribution >= 4 is 28.6 Å². The highest BCUT2D eigenvalue weighted by atomic mass is 15.2. The molecule has 0 radical (unpaired) electrons. The van der Waals surface area contributed by atoms with Gasteiger partial charge in [0, 0.05) is 24.6 Å². The Kier molecular flexibility index (Phi) is 4.64. The Morgan fingerprint density at radius 1 is 0.769 bits per heavy atom. The minimum atomic E-state index is 0.535. The molecule has 26 heavy (non-hydrogen) atoms. The lowest BCUT2D eigenvalue weighted by molar-refractivity contribution is 0.987. The van der Waals surface area contributed by atoms with E-state index < -0.39 is 0 Å². The largest absolute Gasteiger partial charge is 0.354 e. The molecular formula is C20H18N6. The number of hydrogen-bond donors (Lipinski definition) is 2. The van der Waals surface area contributed by atoms with E-state index in [0.717, 1.165) is 18.7 Å². The van der Waals surface area contributed by atoms with Crippen molar-refractivity contribution in [2.75, 3.05) is 17.2 Å². The second kappa shape index (κ2) is 7.57. The monoisotopic (exact) mass is 342 g/mol. The SMILES string of the molecule is c1ccc(CCNc2nc(Nc3ccccc3)c3nccnc3n2)cc1. The standard InChI is InChI=1S/C20H18N6/c1-3-7-15(8-4-1)11-12-23-20-25-18-17(21-13-14-22-18)19(26-20)24-16-9-5-2-6-10-16/h1-10,13-14H,11-12H2,(H2,22,23,24,25,26). The summed E-state index contributed by atoms with van der Waals surface area (Å²) in [5.74, 6) is 1.17. The third-order valence-corrected chi connectivity index (χ3v) is 3.91. The van der Waals surface area contributed by atoms with Crippen LogP contribution in [0.3, 0.4) is 0 Å². The van der Waals surface area contributed by atoms with E-state index in [1.165, 1.54) is 5.56 Å². The van der Waals surface area contributed by atoms with Crippen molar-refractivity contribution in [3.63, 3.8) is 0 Å². The molecule has 2 heterocycles. The maximum atomic E-state index is 4.59. The van der Waals surface area contributed by atoms with E-state index in [1.807, 2.05) is 48.5 Å². The van der Waals surface area contributed by atoms with Crippen molar-refractivity contribution in [2.45, 2.75) is 6.42 Å². The highest BCUT2D eigenvalue weighted by molar-refractivity contribution is 5.85. The highest BCUT2D eigenvalue weighted by Gasteiger charge is 2.10. The van der Waals surface area contributed by atoms with Gasteiger partial charge in [-0.25, -0.2) is 9.97 Å². The molecule has 0 bridgehead atoms. The maximum absolute atomic E-state index is 4.59. The van der Waals surface area contributed by atoms with Gasteiger partial charge in [-0.15, -0.1) is 0 Å². The summed E-state index contributed by atoms with van der Waals surface area (Å²) in [6.45, 7) is 0.737. The first kappa shape index (κ1) is 16.0. The van der Waals surface area contributed by atoms with Crippen molar-refractivity contribution in [1.29, 1.82) is 0 Å². The van der Waals surface area contributed by atoms with Crippen molar-refractivity contribution in [3.05, 3.63) is 78.6 Å². The van der Waals surface area contributed by atoms with Gasteiger partial charge in [0.25, 0.3) is 0 Å². The van der Waals surface area contributed by atoms with Gasteiger partial charge in [-0.05, 0) is 24.1 Å². The second-order valence-electron chi connectivity index (χ2n) is 5.78. The summed E-state index contributed by atoms with van der Waals surface area (Å²) < 4.78 is 0. The molecule has 128 valence electrons. The minimum Gasteiger partial charge on any atom is -0.354 e. The summed E-state index contributed by atoms with van der Waals surface area (Å²) in [5, 5.41) is 6.58. The Morgan fingerprint density at radius 2 is 1.50 bits per heavy atom. The summed E-state index contributed by atoms with van der Waals surface area (Å²) in [7, 11) is 0. The second-order valence-corrected chi connectivity index (χ2v) is 5.78. The van der Waals surface area contributed by atoms with Crippen molar-refractivity contribution in [1.82, 2.24) is 19.9 Å². The molecule has 2 N–H and O–H groups in total. The zero-order valence-electron chi connectivity index (χ0n) is 14.1. The fourth-order valence-corrected chi connectivity index (χ4v) is 2.65. The van der Waals surface area contributed by atoms with E-state index in [9.17, 15) is 0 Å². The van der Waals surface area contributed by atoms with Gasteiger partial charge in [0.1, 0.15) is 0 Å². The van der Waals surface area contributed by atoms with Crippen LogP contribution in [-0.2, 0) is 6.42 Å². The minimum absolute atomic E-state index is 0.535. The van der Waals surface area contributed by atoms with Crippen molar-refractivity contribution in [2.24, 2.45) is 0 Å². The molecule has 0 amide bonds. The number of rotatable bonds is 6. The van der Waals surface area contributed by atoms with Crippen molar-refractivity contribution in [3.8, 4) is 0 Å². The topological polar surface area (TPSA) is 75.6 Å². The molecule has 0 atom stereocenters. The molecule has 4 aromatic rings. The molecule has 0 aliphatic heterocycles. The first-order chi connectivity index (χ1) is 12.9. The molecule has 2 aromatic carbocycles. The van der Waals surface area contributed by atoms with E-state index in [0.29, 0.717) is 22.9 Å². The molecule has 0 aliphatic rings. The Bertz CT molecular complexity index is 989. The Hall–Kier alpha value is -3.54. The van der Waals surface area contributed by atoms with Gasteiger partial charge < -0.3 is 10.6 Å².